The molecule has 0 bridgehead atoms. The van der Waals surface area contributed by atoms with Crippen LogP contribution in [0.1, 0.15) is 32.4 Å². The van der Waals surface area contributed by atoms with Gasteiger partial charge in [0.1, 0.15) is 11.6 Å². The van der Waals surface area contributed by atoms with E-state index in [1.165, 1.54) is 0 Å². The number of amides is 1. The van der Waals surface area contributed by atoms with Crippen molar-refractivity contribution >= 4 is 38.9 Å². The number of carbonyl (C=O) groups excluding carboxylic acids is 1. The molecule has 1 unspecified atom stereocenters. The summed E-state index contributed by atoms with van der Waals surface area (Å²) < 4.78 is 6.30. The summed E-state index contributed by atoms with van der Waals surface area (Å²) in [5.41, 5.74) is 1.08. The number of ether oxygens (including phenoxy) is 1. The van der Waals surface area contributed by atoms with Gasteiger partial charge >= 0.3 is 12.1 Å². The average molecular weight is 438 g/mol. The molecule has 1 fully saturated rings. The summed E-state index contributed by atoms with van der Waals surface area (Å²) in [4.78, 5) is 31.0. The van der Waals surface area contributed by atoms with E-state index < -0.39 is 17.6 Å². The van der Waals surface area contributed by atoms with Crippen molar-refractivity contribution in [3.8, 4) is 0 Å². The molecule has 1 saturated heterocycles. The average Bonchev–Trinajstić information content (AvgIpc) is 2.97. The Hall–Kier alpha value is -2.06. The predicted octanol–water partition coefficient (Wildman–Crippen LogP) is 3.61. The van der Waals surface area contributed by atoms with Crippen molar-refractivity contribution in [2.45, 2.75) is 32.4 Å². The second-order valence-electron chi connectivity index (χ2n) is 7.68. The van der Waals surface area contributed by atoms with E-state index >= 15 is 0 Å². The number of fused-ring (bicyclic) bond motifs is 1. The van der Waals surface area contributed by atoms with Gasteiger partial charge in [-0.1, -0.05) is 15.9 Å². The van der Waals surface area contributed by atoms with Gasteiger partial charge in [0.2, 0.25) is 0 Å². The summed E-state index contributed by atoms with van der Waals surface area (Å²) in [6.45, 7) is 7.30. The summed E-state index contributed by atoms with van der Waals surface area (Å²) in [5, 5.41) is 10.8. The van der Waals surface area contributed by atoms with Gasteiger partial charge in [-0.3, -0.25) is 9.69 Å². The minimum atomic E-state index is -0.901. The number of halogens is 1. The molecule has 1 amide bonds. The lowest BCUT2D eigenvalue weighted by Gasteiger charge is -2.38. The normalized spacial score (nSPS) is 17.1. The molecule has 0 radical (unpaired) electrons. The molecule has 1 atom stereocenters. The Morgan fingerprint density at radius 1 is 1.22 bits per heavy atom. The van der Waals surface area contributed by atoms with Gasteiger partial charge in [-0.15, -0.1) is 0 Å². The first kappa shape index (κ1) is 19.7. The number of carboxylic acids is 1. The summed E-state index contributed by atoms with van der Waals surface area (Å²) in [6.07, 6.45) is 1.40. The Kier molecular flexibility index (Phi) is 5.48. The Morgan fingerprint density at radius 2 is 1.89 bits per heavy atom. The van der Waals surface area contributed by atoms with Crippen LogP contribution in [0.2, 0.25) is 0 Å². The number of piperazine rings is 1. The van der Waals surface area contributed by atoms with Crippen LogP contribution < -0.4 is 0 Å². The van der Waals surface area contributed by atoms with Crippen molar-refractivity contribution in [3.63, 3.8) is 0 Å². The first-order chi connectivity index (χ1) is 12.7. The van der Waals surface area contributed by atoms with Crippen molar-refractivity contribution in [1.82, 2.24) is 14.8 Å². The summed E-state index contributed by atoms with van der Waals surface area (Å²) in [6, 6.07) is 4.99. The molecule has 1 aliphatic heterocycles. The number of hydrogen-bond donors (Lipinski definition) is 2. The zero-order valence-electron chi connectivity index (χ0n) is 15.7. The fourth-order valence-corrected chi connectivity index (χ4v) is 3.68. The highest BCUT2D eigenvalue weighted by Crippen LogP contribution is 2.31. The van der Waals surface area contributed by atoms with Gasteiger partial charge in [0.25, 0.3) is 0 Å². The van der Waals surface area contributed by atoms with Crippen LogP contribution in [0.5, 0.6) is 0 Å². The van der Waals surface area contributed by atoms with Crippen molar-refractivity contribution in [1.29, 1.82) is 0 Å². The Morgan fingerprint density at radius 3 is 2.48 bits per heavy atom. The van der Waals surface area contributed by atoms with Crippen molar-refractivity contribution in [2.24, 2.45) is 0 Å². The molecular weight excluding hydrogens is 414 g/mol. The van der Waals surface area contributed by atoms with Crippen LogP contribution in [0.25, 0.3) is 10.9 Å². The minimum Gasteiger partial charge on any atom is -0.480 e. The van der Waals surface area contributed by atoms with Crippen LogP contribution >= 0.6 is 15.9 Å². The lowest BCUT2D eigenvalue weighted by molar-refractivity contribution is -0.144. The van der Waals surface area contributed by atoms with Crippen molar-refractivity contribution in [2.75, 3.05) is 26.2 Å². The van der Waals surface area contributed by atoms with Crippen LogP contribution in [0.3, 0.4) is 0 Å². The molecule has 3 rings (SSSR count). The fourth-order valence-electron chi connectivity index (χ4n) is 3.32. The number of hydrogen-bond acceptors (Lipinski definition) is 4. The third-order valence-electron chi connectivity index (χ3n) is 4.54. The van der Waals surface area contributed by atoms with Gasteiger partial charge in [-0.2, -0.15) is 0 Å². The van der Waals surface area contributed by atoms with E-state index in [9.17, 15) is 14.7 Å². The number of carbonyl (C=O) groups is 2. The highest BCUT2D eigenvalue weighted by atomic mass is 79.9. The SMILES string of the molecule is CC(C)(C)OC(=O)N1CCN(C(C(=O)O)c2c[nH]c3ccc(Br)cc23)CC1. The maximum atomic E-state index is 12.2. The monoisotopic (exact) mass is 437 g/mol. The molecule has 0 aliphatic carbocycles. The molecule has 1 aromatic carbocycles. The molecule has 27 heavy (non-hydrogen) atoms. The predicted molar refractivity (Wildman–Crippen MR) is 106 cm³/mol. The van der Waals surface area contributed by atoms with Gasteiger partial charge in [-0.05, 0) is 39.0 Å². The van der Waals surface area contributed by atoms with Crippen LogP contribution in [0.15, 0.2) is 28.9 Å². The summed E-state index contributed by atoms with van der Waals surface area (Å²) >= 11 is 3.45. The number of nitrogens with one attached hydrogen (secondary N) is 1. The number of carboxylic acid groups (broad SMARTS) is 1. The topological polar surface area (TPSA) is 85.9 Å². The smallest absolute Gasteiger partial charge is 0.410 e. The van der Waals surface area contributed by atoms with Crippen molar-refractivity contribution in [3.05, 3.63) is 34.4 Å². The van der Waals surface area contributed by atoms with Crippen LogP contribution in [0.4, 0.5) is 4.79 Å². The first-order valence-corrected chi connectivity index (χ1v) is 9.66. The highest BCUT2D eigenvalue weighted by molar-refractivity contribution is 9.10. The Bertz CT molecular complexity index is 850. The van der Waals surface area contributed by atoms with Gasteiger partial charge < -0.3 is 19.7 Å². The number of aromatic amines is 1. The standard InChI is InChI=1S/C19H24BrN3O4/c1-19(2,3)27-18(26)23-8-6-22(7-9-23)16(17(24)25)14-11-21-15-5-4-12(20)10-13(14)15/h4-5,10-11,16,21H,6-9H2,1-3H3,(H,24,25). The third kappa shape index (κ3) is 4.44. The molecule has 0 saturated carbocycles. The van der Waals surface area contributed by atoms with Gasteiger partial charge in [0, 0.05) is 53.3 Å². The number of nitrogens with zero attached hydrogens (tertiary/aromatic N) is 2. The lowest BCUT2D eigenvalue weighted by Crippen LogP contribution is -2.51. The zero-order chi connectivity index (χ0) is 19.8. The molecule has 0 spiro atoms. The van der Waals surface area contributed by atoms with Crippen LogP contribution in [0, 0.1) is 0 Å². The molecule has 146 valence electrons. The lowest BCUT2D eigenvalue weighted by atomic mass is 10.0. The highest BCUT2D eigenvalue weighted by Gasteiger charge is 2.34. The third-order valence-corrected chi connectivity index (χ3v) is 5.03. The molecule has 7 nitrogen and oxygen atoms in total. The number of rotatable bonds is 3. The Balaban J connectivity index is 1.77. The van der Waals surface area contributed by atoms with Crippen LogP contribution in [-0.4, -0.2) is 63.7 Å². The number of H-pyrrole nitrogens is 1. The first-order valence-electron chi connectivity index (χ1n) is 8.87. The van der Waals surface area contributed by atoms with E-state index in [4.69, 9.17) is 4.74 Å². The molecule has 2 aromatic rings. The zero-order valence-corrected chi connectivity index (χ0v) is 17.2. The quantitative estimate of drug-likeness (QED) is 0.765. The van der Waals surface area contributed by atoms with E-state index in [1.54, 1.807) is 11.1 Å². The molecule has 1 aromatic heterocycles. The molecule has 2 heterocycles. The molecule has 8 heteroatoms. The van der Waals surface area contributed by atoms with Gasteiger partial charge in [0.15, 0.2) is 0 Å². The maximum Gasteiger partial charge on any atom is 0.410 e. The summed E-state index contributed by atoms with van der Waals surface area (Å²) in [5.74, 6) is -0.901. The van der Waals surface area contributed by atoms with Gasteiger partial charge in [0.05, 0.1) is 0 Å². The second kappa shape index (κ2) is 7.52. The molecule has 1 aliphatic rings. The van der Waals surface area contributed by atoms with E-state index in [-0.39, 0.29) is 6.09 Å². The summed E-state index contributed by atoms with van der Waals surface area (Å²) in [7, 11) is 0. The molecule has 2 N–H and O–H groups in total. The van der Waals surface area contributed by atoms with Gasteiger partial charge in [-0.25, -0.2) is 4.79 Å². The van der Waals surface area contributed by atoms with Crippen molar-refractivity contribution < 1.29 is 19.4 Å². The van der Waals surface area contributed by atoms with Crippen LogP contribution in [-0.2, 0) is 9.53 Å². The largest absolute Gasteiger partial charge is 0.480 e. The van der Waals surface area contributed by atoms with E-state index in [0.29, 0.717) is 26.2 Å². The Labute approximate surface area is 166 Å². The fraction of sp³-hybridized carbons (Fsp3) is 0.474. The van der Waals surface area contributed by atoms with E-state index in [0.717, 1.165) is 20.9 Å². The number of aromatic nitrogens is 1. The molecular formula is C19H24BrN3O4. The van der Waals surface area contributed by atoms with E-state index in [1.807, 2.05) is 43.9 Å². The minimum absolute atomic E-state index is 0.356. The number of benzene rings is 1. The maximum absolute atomic E-state index is 12.2. The second-order valence-corrected chi connectivity index (χ2v) is 8.59. The number of aliphatic carboxylic acids is 1. The van der Waals surface area contributed by atoms with E-state index in [2.05, 4.69) is 20.9 Å².